The van der Waals surface area contributed by atoms with Gasteiger partial charge in [-0.15, -0.1) is 0 Å². The Balaban J connectivity index is 2.42. The predicted octanol–water partition coefficient (Wildman–Crippen LogP) is 2.75. The molecule has 2 aromatic rings. The van der Waals surface area contributed by atoms with Crippen molar-refractivity contribution in [3.05, 3.63) is 35.6 Å². The molecule has 0 aliphatic carbocycles. The highest BCUT2D eigenvalue weighted by molar-refractivity contribution is 6.32. The van der Waals surface area contributed by atoms with Gasteiger partial charge in [-0.2, -0.15) is 5.10 Å². The lowest BCUT2D eigenvalue weighted by Gasteiger charge is -2.04. The van der Waals surface area contributed by atoms with Crippen LogP contribution in [-0.4, -0.2) is 16.9 Å². The summed E-state index contributed by atoms with van der Waals surface area (Å²) in [7, 11) is 3.49. The maximum Gasteiger partial charge on any atom is 0.137 e. The van der Waals surface area contributed by atoms with Crippen molar-refractivity contribution in [3.63, 3.8) is 0 Å². The Morgan fingerprint density at radius 2 is 2.13 bits per heavy atom. The molecule has 0 N–H and O–H groups in total. The van der Waals surface area contributed by atoms with Crippen molar-refractivity contribution in [1.82, 2.24) is 9.78 Å². The highest BCUT2D eigenvalue weighted by Gasteiger charge is 2.04. The van der Waals surface area contributed by atoms with Crippen LogP contribution >= 0.6 is 11.6 Å². The number of aromatic nitrogens is 2. The molecule has 0 bridgehead atoms. The van der Waals surface area contributed by atoms with Crippen LogP contribution in [0.2, 0.25) is 5.02 Å². The van der Waals surface area contributed by atoms with E-state index in [1.54, 1.807) is 18.0 Å². The Morgan fingerprint density at radius 3 is 2.67 bits per heavy atom. The molecule has 0 fully saturated rings. The largest absolute Gasteiger partial charge is 0.495 e. The molecule has 3 nitrogen and oxygen atoms in total. The number of benzene rings is 1. The fraction of sp³-hybridized carbons (Fsp3) is 0.182. The summed E-state index contributed by atoms with van der Waals surface area (Å²) in [5.41, 5.74) is 2.08. The Bertz CT molecular complexity index is 479. The minimum absolute atomic E-state index is 0.610. The Hall–Kier alpha value is -1.48. The van der Waals surface area contributed by atoms with Gasteiger partial charge in [-0.3, -0.25) is 4.68 Å². The first kappa shape index (κ1) is 10.1. The van der Waals surface area contributed by atoms with Gasteiger partial charge in [0.05, 0.1) is 18.3 Å². The summed E-state index contributed by atoms with van der Waals surface area (Å²) >= 11 is 6.03. The highest BCUT2D eigenvalue weighted by Crippen LogP contribution is 2.29. The zero-order chi connectivity index (χ0) is 10.8. The number of aryl methyl sites for hydroxylation is 1. The van der Waals surface area contributed by atoms with Crippen LogP contribution in [0.3, 0.4) is 0 Å². The molecule has 15 heavy (non-hydrogen) atoms. The molecule has 0 atom stereocenters. The van der Waals surface area contributed by atoms with Crippen molar-refractivity contribution in [2.75, 3.05) is 7.11 Å². The second kappa shape index (κ2) is 3.95. The smallest absolute Gasteiger partial charge is 0.137 e. The normalized spacial score (nSPS) is 10.3. The van der Waals surface area contributed by atoms with Crippen molar-refractivity contribution in [2.24, 2.45) is 7.05 Å². The van der Waals surface area contributed by atoms with Gasteiger partial charge in [-0.05, 0) is 17.7 Å². The Morgan fingerprint density at radius 1 is 1.33 bits per heavy atom. The lowest BCUT2D eigenvalue weighted by molar-refractivity contribution is 0.415. The number of methoxy groups -OCH3 is 1. The lowest BCUT2D eigenvalue weighted by Crippen LogP contribution is -1.85. The van der Waals surface area contributed by atoms with Crippen LogP contribution in [-0.2, 0) is 7.05 Å². The standard InChI is InChI=1S/C11H11ClN2O/c1-14-7-9(6-13-14)8-3-4-11(15-2)10(12)5-8/h3-7H,1-2H3. The molecule has 78 valence electrons. The van der Waals surface area contributed by atoms with Crippen LogP contribution in [0.25, 0.3) is 11.1 Å². The molecular formula is C11H11ClN2O. The van der Waals surface area contributed by atoms with E-state index >= 15 is 0 Å². The number of hydrogen-bond donors (Lipinski definition) is 0. The first-order valence-electron chi connectivity index (χ1n) is 4.53. The van der Waals surface area contributed by atoms with E-state index in [2.05, 4.69) is 5.10 Å². The van der Waals surface area contributed by atoms with E-state index in [9.17, 15) is 0 Å². The van der Waals surface area contributed by atoms with Crippen LogP contribution in [0, 0.1) is 0 Å². The summed E-state index contributed by atoms with van der Waals surface area (Å²) in [5.74, 6) is 0.685. The predicted molar refractivity (Wildman–Crippen MR) is 60.2 cm³/mol. The zero-order valence-electron chi connectivity index (χ0n) is 8.57. The molecule has 0 saturated heterocycles. The maximum absolute atomic E-state index is 6.03. The van der Waals surface area contributed by atoms with Gasteiger partial charge in [0.25, 0.3) is 0 Å². The van der Waals surface area contributed by atoms with E-state index in [-0.39, 0.29) is 0 Å². The Kier molecular flexibility index (Phi) is 2.64. The summed E-state index contributed by atoms with van der Waals surface area (Å²) in [5, 5.41) is 4.72. The van der Waals surface area contributed by atoms with Crippen LogP contribution in [0.4, 0.5) is 0 Å². The molecule has 0 amide bonds. The third-order valence-corrected chi connectivity index (χ3v) is 2.49. The minimum Gasteiger partial charge on any atom is -0.495 e. The average Bonchev–Trinajstić information content (AvgIpc) is 2.65. The molecule has 1 aromatic heterocycles. The van der Waals surface area contributed by atoms with Crippen molar-refractivity contribution in [1.29, 1.82) is 0 Å². The monoisotopic (exact) mass is 222 g/mol. The van der Waals surface area contributed by atoms with Gasteiger partial charge in [0.15, 0.2) is 0 Å². The van der Waals surface area contributed by atoms with Gasteiger partial charge in [-0.25, -0.2) is 0 Å². The van der Waals surface area contributed by atoms with E-state index in [0.717, 1.165) is 11.1 Å². The second-order valence-corrected chi connectivity index (χ2v) is 3.66. The second-order valence-electron chi connectivity index (χ2n) is 3.25. The van der Waals surface area contributed by atoms with E-state index < -0.39 is 0 Å². The van der Waals surface area contributed by atoms with Crippen LogP contribution in [0.15, 0.2) is 30.6 Å². The number of nitrogens with zero attached hydrogens (tertiary/aromatic N) is 2. The molecule has 2 rings (SSSR count). The first-order chi connectivity index (χ1) is 7.20. The molecule has 0 unspecified atom stereocenters. The van der Waals surface area contributed by atoms with E-state index in [4.69, 9.17) is 16.3 Å². The number of hydrogen-bond acceptors (Lipinski definition) is 2. The summed E-state index contributed by atoms with van der Waals surface area (Å²) in [6, 6.07) is 5.68. The SMILES string of the molecule is COc1ccc(-c2cnn(C)c2)cc1Cl. The van der Waals surface area contributed by atoms with Gasteiger partial charge in [-0.1, -0.05) is 17.7 Å². The van der Waals surface area contributed by atoms with Crippen LogP contribution in [0.5, 0.6) is 5.75 Å². The zero-order valence-corrected chi connectivity index (χ0v) is 9.32. The number of ether oxygens (including phenoxy) is 1. The summed E-state index contributed by atoms with van der Waals surface area (Å²) in [6.45, 7) is 0. The van der Waals surface area contributed by atoms with Gasteiger partial charge in [0.2, 0.25) is 0 Å². The Labute approximate surface area is 93.2 Å². The summed E-state index contributed by atoms with van der Waals surface area (Å²) in [4.78, 5) is 0. The van der Waals surface area contributed by atoms with E-state index in [1.807, 2.05) is 31.4 Å². The van der Waals surface area contributed by atoms with Crippen molar-refractivity contribution in [3.8, 4) is 16.9 Å². The quantitative estimate of drug-likeness (QED) is 0.781. The van der Waals surface area contributed by atoms with Crippen LogP contribution in [0.1, 0.15) is 0 Å². The fourth-order valence-corrected chi connectivity index (χ4v) is 1.67. The molecule has 0 spiro atoms. The third kappa shape index (κ3) is 1.97. The molecular weight excluding hydrogens is 212 g/mol. The van der Waals surface area contributed by atoms with Gasteiger partial charge in [0.1, 0.15) is 5.75 Å². The summed E-state index contributed by atoms with van der Waals surface area (Å²) < 4.78 is 6.85. The molecule has 0 saturated carbocycles. The lowest BCUT2D eigenvalue weighted by atomic mass is 10.1. The number of halogens is 1. The number of rotatable bonds is 2. The highest BCUT2D eigenvalue weighted by atomic mass is 35.5. The van der Waals surface area contributed by atoms with E-state index in [1.165, 1.54) is 0 Å². The van der Waals surface area contributed by atoms with Crippen molar-refractivity contribution < 1.29 is 4.74 Å². The van der Waals surface area contributed by atoms with Gasteiger partial charge >= 0.3 is 0 Å². The maximum atomic E-state index is 6.03. The van der Waals surface area contributed by atoms with Crippen molar-refractivity contribution in [2.45, 2.75) is 0 Å². The minimum atomic E-state index is 0.610. The van der Waals surface area contributed by atoms with Gasteiger partial charge < -0.3 is 4.74 Å². The molecule has 0 aliphatic rings. The fourth-order valence-electron chi connectivity index (χ4n) is 1.42. The van der Waals surface area contributed by atoms with E-state index in [0.29, 0.717) is 10.8 Å². The molecule has 0 aliphatic heterocycles. The molecule has 1 heterocycles. The molecule has 1 aromatic carbocycles. The molecule has 0 radical (unpaired) electrons. The average molecular weight is 223 g/mol. The van der Waals surface area contributed by atoms with Gasteiger partial charge in [0, 0.05) is 18.8 Å². The topological polar surface area (TPSA) is 27.1 Å². The van der Waals surface area contributed by atoms with Crippen molar-refractivity contribution >= 4 is 11.6 Å². The molecule has 4 heteroatoms. The third-order valence-electron chi connectivity index (χ3n) is 2.19. The van der Waals surface area contributed by atoms with Crippen LogP contribution < -0.4 is 4.74 Å². The first-order valence-corrected chi connectivity index (χ1v) is 4.91. The summed E-state index contributed by atoms with van der Waals surface area (Å²) in [6.07, 6.45) is 3.75.